The summed E-state index contributed by atoms with van der Waals surface area (Å²) in [5.74, 6) is -1.78. The number of aryl methyl sites for hydroxylation is 1. The van der Waals surface area contributed by atoms with Gasteiger partial charge in [-0.1, -0.05) is 0 Å². The number of benzene rings is 1. The molecule has 19 heavy (non-hydrogen) atoms. The van der Waals surface area contributed by atoms with Crippen molar-refractivity contribution in [1.29, 1.82) is 0 Å². The smallest absolute Gasteiger partial charge is 0.416 e. The van der Waals surface area contributed by atoms with Gasteiger partial charge in [-0.15, -0.1) is 0 Å². The fraction of sp³-hybridized carbons (Fsp3) is 0.250. The monoisotopic (exact) mass is 275 g/mol. The van der Waals surface area contributed by atoms with Crippen LogP contribution in [-0.2, 0) is 18.0 Å². The van der Waals surface area contributed by atoms with Gasteiger partial charge >= 0.3 is 12.1 Å². The molecule has 1 heterocycles. The molecule has 0 N–H and O–H groups in total. The first kappa shape index (κ1) is 13.4. The van der Waals surface area contributed by atoms with Crippen molar-refractivity contribution in [3.05, 3.63) is 35.3 Å². The Morgan fingerprint density at radius 2 is 1.89 bits per heavy atom. The molecule has 0 amide bonds. The van der Waals surface area contributed by atoms with Crippen molar-refractivity contribution in [2.24, 2.45) is 7.05 Å². The van der Waals surface area contributed by atoms with Crippen LogP contribution in [0, 0.1) is 5.82 Å². The summed E-state index contributed by atoms with van der Waals surface area (Å²) in [7, 11) is 2.51. The van der Waals surface area contributed by atoms with Crippen LogP contribution >= 0.6 is 0 Å². The molecule has 102 valence electrons. The molecule has 0 aliphatic carbocycles. The number of carbonyl (C=O) groups is 1. The third-order valence-electron chi connectivity index (χ3n) is 2.83. The van der Waals surface area contributed by atoms with E-state index < -0.39 is 23.5 Å². The predicted molar refractivity (Wildman–Crippen MR) is 59.2 cm³/mol. The highest BCUT2D eigenvalue weighted by Crippen LogP contribution is 2.33. The van der Waals surface area contributed by atoms with Gasteiger partial charge in [0.25, 0.3) is 0 Å². The molecule has 2 rings (SSSR count). The summed E-state index contributed by atoms with van der Waals surface area (Å²) >= 11 is 0. The Balaban J connectivity index is 2.75. The zero-order chi connectivity index (χ0) is 14.4. The van der Waals surface area contributed by atoms with Gasteiger partial charge in [0.15, 0.2) is 0 Å². The van der Waals surface area contributed by atoms with Crippen LogP contribution < -0.4 is 0 Å². The number of methoxy groups -OCH3 is 1. The minimum absolute atomic E-state index is 0.0178. The van der Waals surface area contributed by atoms with Crippen LogP contribution in [0.15, 0.2) is 18.2 Å². The molecule has 0 saturated heterocycles. The number of ether oxygens (including phenoxy) is 1. The maximum absolute atomic E-state index is 13.7. The Kier molecular flexibility index (Phi) is 3.00. The Bertz CT molecular complexity index is 658. The standard InChI is InChI=1S/C12H9F4NO2/c1-17-9-4-6(12(14,15)16)3-8(13)7(9)5-10(17)11(18)19-2/h3-5H,1-2H3. The van der Waals surface area contributed by atoms with E-state index in [2.05, 4.69) is 4.74 Å². The number of alkyl halides is 3. The second-order valence-corrected chi connectivity index (χ2v) is 3.97. The molecule has 0 radical (unpaired) electrons. The molecule has 1 aromatic heterocycles. The lowest BCUT2D eigenvalue weighted by Gasteiger charge is -2.08. The SMILES string of the molecule is COC(=O)c1cc2c(F)cc(C(F)(F)F)cc2n1C. The van der Waals surface area contributed by atoms with Gasteiger partial charge in [-0.25, -0.2) is 9.18 Å². The average Bonchev–Trinajstić information content (AvgIpc) is 2.66. The lowest BCUT2D eigenvalue weighted by atomic mass is 10.1. The van der Waals surface area contributed by atoms with Gasteiger partial charge in [-0.3, -0.25) is 0 Å². The third kappa shape index (κ3) is 2.16. The zero-order valence-electron chi connectivity index (χ0n) is 10.0. The van der Waals surface area contributed by atoms with Crippen molar-refractivity contribution in [2.75, 3.05) is 7.11 Å². The number of esters is 1. The highest BCUT2D eigenvalue weighted by molar-refractivity contribution is 5.96. The molecule has 1 aromatic carbocycles. The largest absolute Gasteiger partial charge is 0.464 e. The number of nitrogens with zero attached hydrogens (tertiary/aromatic N) is 1. The van der Waals surface area contributed by atoms with Gasteiger partial charge < -0.3 is 9.30 Å². The molecule has 0 unspecified atom stereocenters. The lowest BCUT2D eigenvalue weighted by Crippen LogP contribution is -2.08. The molecule has 7 heteroatoms. The highest BCUT2D eigenvalue weighted by atomic mass is 19.4. The Labute approximate surface area is 105 Å². The summed E-state index contributed by atoms with van der Waals surface area (Å²) in [6, 6.07) is 2.37. The van der Waals surface area contributed by atoms with E-state index in [0.717, 1.165) is 19.2 Å². The summed E-state index contributed by atoms with van der Waals surface area (Å²) in [5.41, 5.74) is -1.14. The highest BCUT2D eigenvalue weighted by Gasteiger charge is 2.32. The number of fused-ring (bicyclic) bond motifs is 1. The van der Waals surface area contributed by atoms with Crippen LogP contribution in [0.4, 0.5) is 17.6 Å². The van der Waals surface area contributed by atoms with Crippen molar-refractivity contribution in [1.82, 2.24) is 4.57 Å². The Morgan fingerprint density at radius 3 is 2.42 bits per heavy atom. The second kappa shape index (κ2) is 4.25. The van der Waals surface area contributed by atoms with Crippen molar-refractivity contribution >= 4 is 16.9 Å². The summed E-state index contributed by atoms with van der Waals surface area (Å²) in [6.07, 6.45) is -4.65. The van der Waals surface area contributed by atoms with E-state index in [4.69, 9.17) is 0 Å². The maximum Gasteiger partial charge on any atom is 0.416 e. The minimum Gasteiger partial charge on any atom is -0.464 e. The van der Waals surface area contributed by atoms with Crippen LogP contribution in [0.3, 0.4) is 0 Å². The normalized spacial score (nSPS) is 11.9. The third-order valence-corrected chi connectivity index (χ3v) is 2.83. The number of carbonyl (C=O) groups excluding carboxylic acids is 1. The van der Waals surface area contributed by atoms with Gasteiger partial charge in [0.05, 0.1) is 18.2 Å². The number of hydrogen-bond acceptors (Lipinski definition) is 2. The van der Waals surface area contributed by atoms with E-state index in [1.54, 1.807) is 0 Å². The van der Waals surface area contributed by atoms with E-state index in [0.29, 0.717) is 6.07 Å². The van der Waals surface area contributed by atoms with Gasteiger partial charge in [-0.05, 0) is 18.2 Å². The van der Waals surface area contributed by atoms with Crippen LogP contribution in [0.1, 0.15) is 16.1 Å². The number of rotatable bonds is 1. The van der Waals surface area contributed by atoms with Gasteiger partial charge in [-0.2, -0.15) is 13.2 Å². The van der Waals surface area contributed by atoms with Crippen molar-refractivity contribution in [3.63, 3.8) is 0 Å². The molecule has 0 aliphatic rings. The first-order valence-corrected chi connectivity index (χ1v) is 5.20. The number of hydrogen-bond donors (Lipinski definition) is 0. The van der Waals surface area contributed by atoms with E-state index in [1.165, 1.54) is 11.6 Å². The van der Waals surface area contributed by atoms with E-state index in [1.807, 2.05) is 0 Å². The van der Waals surface area contributed by atoms with Gasteiger partial charge in [0.1, 0.15) is 11.5 Å². The Morgan fingerprint density at radius 1 is 1.26 bits per heavy atom. The van der Waals surface area contributed by atoms with Gasteiger partial charge in [0, 0.05) is 12.4 Å². The molecule has 0 spiro atoms. The Hall–Kier alpha value is -2.05. The first-order valence-electron chi connectivity index (χ1n) is 5.20. The van der Waals surface area contributed by atoms with Crippen molar-refractivity contribution in [3.8, 4) is 0 Å². The maximum atomic E-state index is 13.7. The minimum atomic E-state index is -4.65. The molecular weight excluding hydrogens is 266 g/mol. The molecule has 2 aromatic rings. The summed E-state index contributed by atoms with van der Waals surface area (Å²) < 4.78 is 57.1. The number of halogens is 4. The van der Waals surface area contributed by atoms with Crippen LogP contribution in [0.2, 0.25) is 0 Å². The summed E-state index contributed by atoms with van der Waals surface area (Å²) in [4.78, 5) is 11.4. The fourth-order valence-corrected chi connectivity index (χ4v) is 1.85. The summed E-state index contributed by atoms with van der Waals surface area (Å²) in [5, 5.41) is -0.0594. The molecule has 0 atom stereocenters. The predicted octanol–water partition coefficient (Wildman–Crippen LogP) is 3.12. The molecule has 0 aliphatic heterocycles. The zero-order valence-corrected chi connectivity index (χ0v) is 10.0. The van der Waals surface area contributed by atoms with E-state index in [9.17, 15) is 22.4 Å². The van der Waals surface area contributed by atoms with Crippen molar-refractivity contribution < 1.29 is 27.1 Å². The van der Waals surface area contributed by atoms with Crippen molar-refractivity contribution in [2.45, 2.75) is 6.18 Å². The molecule has 0 fully saturated rings. The van der Waals surface area contributed by atoms with Gasteiger partial charge in [0.2, 0.25) is 0 Å². The van der Waals surface area contributed by atoms with E-state index in [-0.39, 0.29) is 16.6 Å². The molecule has 3 nitrogen and oxygen atoms in total. The molecular formula is C12H9F4NO2. The molecule has 0 bridgehead atoms. The lowest BCUT2D eigenvalue weighted by molar-refractivity contribution is -0.137. The average molecular weight is 275 g/mol. The van der Waals surface area contributed by atoms with Crippen LogP contribution in [0.25, 0.3) is 10.9 Å². The first-order chi connectivity index (χ1) is 8.75. The fourth-order valence-electron chi connectivity index (χ4n) is 1.85. The topological polar surface area (TPSA) is 31.2 Å². The van der Waals surface area contributed by atoms with Crippen LogP contribution in [0.5, 0.6) is 0 Å². The quantitative estimate of drug-likeness (QED) is 0.591. The van der Waals surface area contributed by atoms with E-state index >= 15 is 0 Å². The van der Waals surface area contributed by atoms with Crippen LogP contribution in [-0.4, -0.2) is 17.6 Å². The summed E-state index contributed by atoms with van der Waals surface area (Å²) in [6.45, 7) is 0. The molecule has 0 saturated carbocycles. The number of aromatic nitrogens is 1. The second-order valence-electron chi connectivity index (χ2n) is 3.97.